The van der Waals surface area contributed by atoms with E-state index in [1.807, 2.05) is 41.3 Å². The summed E-state index contributed by atoms with van der Waals surface area (Å²) in [5.41, 5.74) is 2.28. The number of ether oxygens (including phenoxy) is 2. The van der Waals surface area contributed by atoms with Crippen molar-refractivity contribution in [2.24, 2.45) is 0 Å². The second kappa shape index (κ2) is 9.87. The zero-order valence-corrected chi connectivity index (χ0v) is 17.8. The van der Waals surface area contributed by atoms with Crippen molar-refractivity contribution < 1.29 is 29.3 Å². The summed E-state index contributed by atoms with van der Waals surface area (Å²) in [6.07, 6.45) is 6.34. The van der Waals surface area contributed by atoms with Crippen molar-refractivity contribution in [3.05, 3.63) is 71.3 Å². The molecule has 7 heteroatoms. The number of likely N-dealkylation sites (tertiary alicyclic amines) is 1. The van der Waals surface area contributed by atoms with Gasteiger partial charge in [-0.25, -0.2) is 4.79 Å². The highest BCUT2D eigenvalue weighted by Gasteiger charge is 2.28. The van der Waals surface area contributed by atoms with E-state index >= 15 is 0 Å². The minimum Gasteiger partial charge on any atom is -0.478 e. The number of aromatic carboxylic acids is 1. The second-order valence-corrected chi connectivity index (χ2v) is 8.14. The number of aliphatic hydroxyl groups is 1. The Kier molecular flexibility index (Phi) is 6.75. The predicted octanol–water partition coefficient (Wildman–Crippen LogP) is 3.20. The highest BCUT2D eigenvalue weighted by atomic mass is 16.7. The summed E-state index contributed by atoms with van der Waals surface area (Å²) >= 11 is 0. The zero-order valence-electron chi connectivity index (χ0n) is 17.8. The normalized spacial score (nSPS) is 18.5. The molecule has 0 spiro atoms. The van der Waals surface area contributed by atoms with Crippen LogP contribution in [-0.4, -0.2) is 52.5 Å². The first-order chi connectivity index (χ1) is 15.5. The minimum absolute atomic E-state index is 0.0108. The fourth-order valence-corrected chi connectivity index (χ4v) is 4.15. The molecule has 1 saturated heterocycles. The number of hydrogen-bond donors (Lipinski definition) is 2. The van der Waals surface area contributed by atoms with Gasteiger partial charge in [0.15, 0.2) is 11.5 Å². The average molecular weight is 437 g/mol. The summed E-state index contributed by atoms with van der Waals surface area (Å²) < 4.78 is 10.7. The highest BCUT2D eigenvalue weighted by Crippen LogP contribution is 2.32. The number of carboxylic acids is 1. The Balaban J connectivity index is 1.28. The van der Waals surface area contributed by atoms with Gasteiger partial charge in [0.2, 0.25) is 12.7 Å². The van der Waals surface area contributed by atoms with Crippen LogP contribution in [0.2, 0.25) is 0 Å². The number of benzene rings is 2. The van der Waals surface area contributed by atoms with Gasteiger partial charge in [-0.1, -0.05) is 30.4 Å². The van der Waals surface area contributed by atoms with Gasteiger partial charge < -0.3 is 24.6 Å². The van der Waals surface area contributed by atoms with Crippen LogP contribution in [0.25, 0.3) is 0 Å². The van der Waals surface area contributed by atoms with E-state index in [-0.39, 0.29) is 24.3 Å². The van der Waals surface area contributed by atoms with Crippen molar-refractivity contribution in [2.75, 3.05) is 13.3 Å². The van der Waals surface area contributed by atoms with Gasteiger partial charge in [-0.2, -0.15) is 0 Å². The monoisotopic (exact) mass is 437 g/mol. The van der Waals surface area contributed by atoms with Crippen molar-refractivity contribution in [3.8, 4) is 11.5 Å². The van der Waals surface area contributed by atoms with Gasteiger partial charge in [-0.05, 0) is 54.7 Å². The number of carbonyl (C=O) groups is 2. The molecule has 2 N–H and O–H groups in total. The van der Waals surface area contributed by atoms with Crippen LogP contribution in [0, 0.1) is 0 Å². The first-order valence-corrected chi connectivity index (χ1v) is 10.9. The summed E-state index contributed by atoms with van der Waals surface area (Å²) in [5.74, 6) is 0.612. The lowest BCUT2D eigenvalue weighted by Crippen LogP contribution is -2.33. The lowest BCUT2D eigenvalue weighted by molar-refractivity contribution is -0.128. The van der Waals surface area contributed by atoms with Gasteiger partial charge in [0.1, 0.15) is 0 Å². The van der Waals surface area contributed by atoms with Crippen LogP contribution in [0.4, 0.5) is 0 Å². The molecule has 2 unspecified atom stereocenters. The smallest absolute Gasteiger partial charge is 0.335 e. The molecule has 0 radical (unpaired) electrons. The van der Waals surface area contributed by atoms with Crippen LogP contribution in [-0.2, 0) is 17.6 Å². The number of hydrogen-bond acceptors (Lipinski definition) is 5. The maximum Gasteiger partial charge on any atom is 0.335 e. The van der Waals surface area contributed by atoms with Crippen molar-refractivity contribution in [1.29, 1.82) is 0 Å². The summed E-state index contributed by atoms with van der Waals surface area (Å²) in [5, 5.41) is 19.4. The molecule has 2 atom stereocenters. The Morgan fingerprint density at radius 3 is 2.66 bits per heavy atom. The van der Waals surface area contributed by atoms with E-state index < -0.39 is 12.1 Å². The molecule has 2 aliphatic rings. The number of fused-ring (bicyclic) bond motifs is 1. The van der Waals surface area contributed by atoms with Crippen LogP contribution in [0.3, 0.4) is 0 Å². The van der Waals surface area contributed by atoms with Gasteiger partial charge in [0.25, 0.3) is 0 Å². The van der Waals surface area contributed by atoms with Gasteiger partial charge in [-0.15, -0.1) is 0 Å². The lowest BCUT2D eigenvalue weighted by Gasteiger charge is -2.22. The van der Waals surface area contributed by atoms with E-state index in [9.17, 15) is 14.7 Å². The average Bonchev–Trinajstić information content (AvgIpc) is 3.39. The minimum atomic E-state index is -0.936. The van der Waals surface area contributed by atoms with E-state index in [2.05, 4.69) is 0 Å². The molecular formula is C25H27NO6. The number of aryl methyl sites for hydroxylation is 1. The van der Waals surface area contributed by atoms with Crippen LogP contribution in [0.15, 0.2) is 54.6 Å². The number of amides is 1. The van der Waals surface area contributed by atoms with E-state index in [4.69, 9.17) is 14.6 Å². The third-order valence-electron chi connectivity index (χ3n) is 5.88. The molecule has 32 heavy (non-hydrogen) atoms. The van der Waals surface area contributed by atoms with Crippen molar-refractivity contribution >= 4 is 11.9 Å². The van der Waals surface area contributed by atoms with Crippen LogP contribution >= 0.6 is 0 Å². The number of carboxylic acid groups (broad SMARTS) is 1. The van der Waals surface area contributed by atoms with Gasteiger partial charge >= 0.3 is 5.97 Å². The predicted molar refractivity (Wildman–Crippen MR) is 118 cm³/mol. The summed E-state index contributed by atoms with van der Waals surface area (Å²) in [4.78, 5) is 25.1. The quantitative estimate of drug-likeness (QED) is 0.585. The fraction of sp³-hybridized carbons (Fsp3) is 0.360. The van der Waals surface area contributed by atoms with Crippen LogP contribution < -0.4 is 9.47 Å². The van der Waals surface area contributed by atoms with E-state index in [1.54, 1.807) is 18.2 Å². The fourth-order valence-electron chi connectivity index (χ4n) is 4.15. The molecule has 2 heterocycles. The lowest BCUT2D eigenvalue weighted by atomic mass is 10.1. The highest BCUT2D eigenvalue weighted by molar-refractivity contribution is 5.87. The molecule has 2 aromatic carbocycles. The molecule has 0 saturated carbocycles. The summed E-state index contributed by atoms with van der Waals surface area (Å²) in [6.45, 7) is 0.854. The SMILES string of the molecule is O=C(O)c1ccc(CCCN2C(=O)CCC2/C=C/C(O)Cc2ccc3c(c2)OCO3)cc1. The molecule has 1 fully saturated rings. The molecule has 1 amide bonds. The van der Waals surface area contributed by atoms with Gasteiger partial charge in [0, 0.05) is 19.4 Å². The second-order valence-electron chi connectivity index (χ2n) is 8.14. The van der Waals surface area contributed by atoms with Crippen molar-refractivity contribution in [1.82, 2.24) is 4.90 Å². The van der Waals surface area contributed by atoms with E-state index in [0.29, 0.717) is 25.1 Å². The molecular weight excluding hydrogens is 410 g/mol. The molecule has 0 bridgehead atoms. The number of carbonyl (C=O) groups excluding carboxylic acids is 1. The van der Waals surface area contributed by atoms with E-state index in [1.165, 1.54) is 0 Å². The third kappa shape index (κ3) is 5.29. The molecule has 2 aliphatic heterocycles. The Morgan fingerprint density at radius 2 is 1.88 bits per heavy atom. The van der Waals surface area contributed by atoms with Crippen molar-refractivity contribution in [3.63, 3.8) is 0 Å². The maximum atomic E-state index is 12.3. The number of rotatable bonds is 9. The Bertz CT molecular complexity index is 1000. The zero-order chi connectivity index (χ0) is 22.5. The Morgan fingerprint density at radius 1 is 1.12 bits per heavy atom. The van der Waals surface area contributed by atoms with Gasteiger partial charge in [0.05, 0.1) is 17.7 Å². The molecule has 0 aromatic heterocycles. The molecule has 2 aromatic rings. The topological polar surface area (TPSA) is 96.3 Å². The van der Waals surface area contributed by atoms with E-state index in [0.717, 1.165) is 36.1 Å². The largest absolute Gasteiger partial charge is 0.478 e. The third-order valence-corrected chi connectivity index (χ3v) is 5.88. The molecule has 4 rings (SSSR count). The standard InChI is InChI=1S/C25H27NO6/c27-21(14-18-5-11-22-23(15-18)32-16-31-22)10-8-20-9-12-24(28)26(20)13-1-2-17-3-6-19(7-4-17)25(29)30/h3-8,10-11,15,20-21,27H,1-2,9,12-14,16H2,(H,29,30)/b10-8+. The molecule has 168 valence electrons. The summed E-state index contributed by atoms with van der Waals surface area (Å²) in [6, 6.07) is 12.5. The summed E-state index contributed by atoms with van der Waals surface area (Å²) in [7, 11) is 0. The Labute approximate surface area is 186 Å². The number of aliphatic hydroxyl groups excluding tert-OH is 1. The molecule has 0 aliphatic carbocycles. The van der Waals surface area contributed by atoms with Gasteiger partial charge in [-0.3, -0.25) is 4.79 Å². The first kappa shape index (κ1) is 21.9. The molecule has 7 nitrogen and oxygen atoms in total. The number of nitrogens with zero attached hydrogens (tertiary/aromatic N) is 1. The van der Waals surface area contributed by atoms with Crippen molar-refractivity contribution in [2.45, 2.75) is 44.2 Å². The maximum absolute atomic E-state index is 12.3. The van der Waals surface area contributed by atoms with Crippen LogP contribution in [0.5, 0.6) is 11.5 Å². The first-order valence-electron chi connectivity index (χ1n) is 10.9. The van der Waals surface area contributed by atoms with Crippen LogP contribution in [0.1, 0.15) is 40.7 Å². The Hall–Kier alpha value is -3.32.